The second kappa shape index (κ2) is 6.55. The van der Waals surface area contributed by atoms with Gasteiger partial charge in [0.05, 0.1) is 13.9 Å². The second-order valence-electron chi connectivity index (χ2n) is 4.46. The zero-order chi connectivity index (χ0) is 15.6. The molecule has 0 aliphatic rings. The fourth-order valence-electron chi connectivity index (χ4n) is 1.71. The first kappa shape index (κ1) is 15.9. The summed E-state index contributed by atoms with van der Waals surface area (Å²) in [5.41, 5.74) is 6.77. The maximum absolute atomic E-state index is 10.8. The van der Waals surface area contributed by atoms with Crippen LogP contribution in [0.1, 0.15) is 18.5 Å². The van der Waals surface area contributed by atoms with Crippen molar-refractivity contribution in [2.45, 2.75) is 13.0 Å². The Labute approximate surface area is 138 Å². The van der Waals surface area contributed by atoms with Gasteiger partial charge in [0.15, 0.2) is 5.75 Å². The maximum Gasteiger partial charge on any atom is 0.271 e. The normalized spacial score (nSPS) is 12.0. The highest BCUT2D eigenvalue weighted by molar-refractivity contribution is 9.11. The molecule has 5 nitrogen and oxygen atoms in total. The number of non-ortho nitro benzene ring substituents is 1. The summed E-state index contributed by atoms with van der Waals surface area (Å²) in [4.78, 5) is 10.3. The summed E-state index contributed by atoms with van der Waals surface area (Å²) in [6.07, 6.45) is 0. The van der Waals surface area contributed by atoms with E-state index < -0.39 is 4.92 Å². The Bertz CT molecular complexity index is 649. The molecule has 0 saturated carbocycles. The minimum absolute atomic E-state index is 0.0200. The zero-order valence-corrected chi connectivity index (χ0v) is 14.2. The third kappa shape index (κ3) is 3.81. The number of nitrogens with zero attached hydrogens (tertiary/aromatic N) is 1. The van der Waals surface area contributed by atoms with E-state index >= 15 is 0 Å². The van der Waals surface area contributed by atoms with E-state index in [4.69, 9.17) is 10.5 Å². The van der Waals surface area contributed by atoms with Crippen LogP contribution in [0.15, 0.2) is 45.3 Å². The lowest BCUT2D eigenvalue weighted by atomic mass is 10.1. The average molecular weight is 416 g/mol. The zero-order valence-electron chi connectivity index (χ0n) is 11.0. The van der Waals surface area contributed by atoms with Crippen molar-refractivity contribution >= 4 is 37.5 Å². The van der Waals surface area contributed by atoms with Gasteiger partial charge in [-0.3, -0.25) is 10.1 Å². The molecule has 0 unspecified atom stereocenters. The molecule has 0 saturated heterocycles. The minimum Gasteiger partial charge on any atom is -0.455 e. The number of ether oxygens (including phenoxy) is 1. The van der Waals surface area contributed by atoms with Crippen molar-refractivity contribution < 1.29 is 9.66 Å². The van der Waals surface area contributed by atoms with E-state index in [0.29, 0.717) is 20.4 Å². The highest BCUT2D eigenvalue weighted by Crippen LogP contribution is 2.39. The topological polar surface area (TPSA) is 78.4 Å². The molecule has 0 heterocycles. The van der Waals surface area contributed by atoms with E-state index in [2.05, 4.69) is 31.9 Å². The molecule has 7 heteroatoms. The van der Waals surface area contributed by atoms with Crippen LogP contribution in [0.25, 0.3) is 0 Å². The van der Waals surface area contributed by atoms with Gasteiger partial charge in [0.2, 0.25) is 0 Å². The Kier molecular flexibility index (Phi) is 4.97. The van der Waals surface area contributed by atoms with Crippen LogP contribution in [0.2, 0.25) is 0 Å². The molecule has 0 aromatic heterocycles. The first-order valence-electron chi connectivity index (χ1n) is 6.05. The summed E-state index contributed by atoms with van der Waals surface area (Å²) >= 11 is 6.56. The maximum atomic E-state index is 10.8. The first-order valence-corrected chi connectivity index (χ1v) is 7.64. The fourth-order valence-corrected chi connectivity index (χ4v) is 3.03. The number of nitrogens with two attached hydrogens (primary N) is 1. The quantitative estimate of drug-likeness (QED) is 0.567. The Morgan fingerprint density at radius 2 is 1.71 bits per heavy atom. The number of rotatable bonds is 4. The van der Waals surface area contributed by atoms with Gasteiger partial charge in [-0.05, 0) is 56.5 Å². The monoisotopic (exact) mass is 414 g/mol. The van der Waals surface area contributed by atoms with Gasteiger partial charge in [-0.1, -0.05) is 12.1 Å². The van der Waals surface area contributed by atoms with Crippen LogP contribution in [-0.4, -0.2) is 4.92 Å². The highest BCUT2D eigenvalue weighted by atomic mass is 79.9. The van der Waals surface area contributed by atoms with Crippen LogP contribution in [0.4, 0.5) is 5.69 Å². The summed E-state index contributed by atoms with van der Waals surface area (Å²) in [6.45, 7) is 1.90. The lowest BCUT2D eigenvalue weighted by Gasteiger charge is -2.11. The number of benzene rings is 2. The van der Waals surface area contributed by atoms with Gasteiger partial charge in [-0.2, -0.15) is 0 Å². The molecule has 110 valence electrons. The van der Waals surface area contributed by atoms with Gasteiger partial charge in [0, 0.05) is 18.2 Å². The first-order chi connectivity index (χ1) is 9.88. The predicted octanol–water partition coefficient (Wildman–Crippen LogP) is 4.93. The predicted molar refractivity (Wildman–Crippen MR) is 87.6 cm³/mol. The molecule has 0 radical (unpaired) electrons. The molecule has 2 rings (SSSR count). The van der Waals surface area contributed by atoms with Gasteiger partial charge in [-0.25, -0.2) is 0 Å². The lowest BCUT2D eigenvalue weighted by molar-refractivity contribution is -0.385. The number of halogens is 2. The Morgan fingerprint density at radius 3 is 2.14 bits per heavy atom. The van der Waals surface area contributed by atoms with Crippen LogP contribution in [0.5, 0.6) is 11.5 Å². The van der Waals surface area contributed by atoms with Crippen LogP contribution in [0, 0.1) is 10.1 Å². The number of hydrogen-bond acceptors (Lipinski definition) is 4. The summed E-state index contributed by atoms with van der Waals surface area (Å²) in [5, 5.41) is 10.8. The van der Waals surface area contributed by atoms with Crippen LogP contribution in [0.3, 0.4) is 0 Å². The van der Waals surface area contributed by atoms with Crippen molar-refractivity contribution in [3.8, 4) is 11.5 Å². The Morgan fingerprint density at radius 1 is 1.19 bits per heavy atom. The summed E-state index contributed by atoms with van der Waals surface area (Å²) < 4.78 is 6.75. The molecular weight excluding hydrogens is 404 g/mol. The molecule has 0 amide bonds. The van der Waals surface area contributed by atoms with Crippen LogP contribution < -0.4 is 10.5 Å². The molecule has 0 bridgehead atoms. The molecule has 1 atom stereocenters. The summed E-state index contributed by atoms with van der Waals surface area (Å²) in [5.74, 6) is 1.10. The lowest BCUT2D eigenvalue weighted by Crippen LogP contribution is -2.04. The standard InChI is InChI=1S/C14H12Br2N2O3/c1-8(17)9-2-4-11(5-3-9)21-14-12(15)6-10(18(19)20)7-13(14)16/h2-8H,17H2,1H3/t8-/m1/s1. The van der Waals surface area contributed by atoms with Crippen LogP contribution >= 0.6 is 31.9 Å². The average Bonchev–Trinajstić information content (AvgIpc) is 2.43. The largest absolute Gasteiger partial charge is 0.455 e. The Hall–Kier alpha value is -1.44. The molecule has 0 aliphatic carbocycles. The van der Waals surface area contributed by atoms with Crippen molar-refractivity contribution in [2.75, 3.05) is 0 Å². The molecule has 0 spiro atoms. The molecular formula is C14H12Br2N2O3. The molecule has 0 aliphatic heterocycles. The number of nitro benzene ring substituents is 1. The van der Waals surface area contributed by atoms with Gasteiger partial charge in [-0.15, -0.1) is 0 Å². The molecule has 2 aromatic carbocycles. The van der Waals surface area contributed by atoms with Gasteiger partial charge < -0.3 is 10.5 Å². The third-order valence-electron chi connectivity index (χ3n) is 2.82. The van der Waals surface area contributed by atoms with E-state index in [9.17, 15) is 10.1 Å². The van der Waals surface area contributed by atoms with E-state index in [0.717, 1.165) is 5.56 Å². The minimum atomic E-state index is -0.462. The van der Waals surface area contributed by atoms with E-state index in [-0.39, 0.29) is 11.7 Å². The second-order valence-corrected chi connectivity index (χ2v) is 6.16. The Balaban J connectivity index is 2.29. The van der Waals surface area contributed by atoms with Crippen molar-refractivity contribution in [1.29, 1.82) is 0 Å². The van der Waals surface area contributed by atoms with Crippen molar-refractivity contribution in [3.05, 3.63) is 61.0 Å². The highest BCUT2D eigenvalue weighted by Gasteiger charge is 2.15. The molecule has 0 fully saturated rings. The summed E-state index contributed by atoms with van der Waals surface area (Å²) in [7, 11) is 0. The number of hydrogen-bond donors (Lipinski definition) is 1. The van der Waals surface area contributed by atoms with Crippen molar-refractivity contribution in [3.63, 3.8) is 0 Å². The van der Waals surface area contributed by atoms with Gasteiger partial charge in [0.25, 0.3) is 5.69 Å². The fraction of sp³-hybridized carbons (Fsp3) is 0.143. The smallest absolute Gasteiger partial charge is 0.271 e. The third-order valence-corrected chi connectivity index (χ3v) is 4.00. The van der Waals surface area contributed by atoms with Crippen molar-refractivity contribution in [1.82, 2.24) is 0 Å². The van der Waals surface area contributed by atoms with E-state index in [1.54, 1.807) is 12.1 Å². The molecule has 21 heavy (non-hydrogen) atoms. The SMILES string of the molecule is C[C@@H](N)c1ccc(Oc2c(Br)cc([N+](=O)[O-])cc2Br)cc1. The molecule has 2 aromatic rings. The van der Waals surface area contributed by atoms with Gasteiger partial charge in [0.1, 0.15) is 5.75 Å². The van der Waals surface area contributed by atoms with E-state index in [1.165, 1.54) is 12.1 Å². The van der Waals surface area contributed by atoms with E-state index in [1.807, 2.05) is 19.1 Å². The number of nitro groups is 1. The van der Waals surface area contributed by atoms with Crippen molar-refractivity contribution in [2.24, 2.45) is 5.73 Å². The van der Waals surface area contributed by atoms with Crippen LogP contribution in [-0.2, 0) is 0 Å². The van der Waals surface area contributed by atoms with Gasteiger partial charge >= 0.3 is 0 Å². The summed E-state index contributed by atoms with van der Waals surface area (Å²) in [6, 6.07) is 10.1. The molecule has 2 N–H and O–H groups in total.